The molecule has 2 aromatic rings. The van der Waals surface area contributed by atoms with Crippen LogP contribution >= 0.6 is 0 Å². The predicted molar refractivity (Wildman–Crippen MR) is 104 cm³/mol. The third kappa shape index (κ3) is 5.70. The van der Waals surface area contributed by atoms with Gasteiger partial charge in [-0.15, -0.1) is 10.2 Å². The first-order valence-corrected chi connectivity index (χ1v) is 9.71. The minimum Gasteiger partial charge on any atom is -0.481 e. The number of unbranched alkanes of at least 4 members (excludes halogenated alkanes) is 1. The second-order valence-corrected chi connectivity index (χ2v) is 6.74. The van der Waals surface area contributed by atoms with Gasteiger partial charge in [0.25, 0.3) is 0 Å². The Morgan fingerprint density at radius 2 is 2.07 bits per heavy atom. The molecule has 2 N–H and O–H groups in total. The molecular formula is C20H29N5O2. The van der Waals surface area contributed by atoms with Crippen molar-refractivity contribution in [2.45, 2.75) is 65.2 Å². The molecule has 0 amide bonds. The molecule has 7 heteroatoms. The van der Waals surface area contributed by atoms with Crippen LogP contribution in [0.15, 0.2) is 24.4 Å². The topological polar surface area (TPSA) is 105 Å². The van der Waals surface area contributed by atoms with E-state index in [2.05, 4.69) is 45.5 Å². The van der Waals surface area contributed by atoms with Crippen molar-refractivity contribution < 1.29 is 9.90 Å². The van der Waals surface area contributed by atoms with Gasteiger partial charge < -0.3 is 5.11 Å². The van der Waals surface area contributed by atoms with Crippen LogP contribution in [-0.2, 0) is 11.2 Å². The van der Waals surface area contributed by atoms with E-state index in [-0.39, 0.29) is 5.92 Å². The van der Waals surface area contributed by atoms with E-state index in [1.165, 1.54) is 5.57 Å². The molecule has 0 radical (unpaired) electrons. The summed E-state index contributed by atoms with van der Waals surface area (Å²) < 4.78 is 0. The Hall–Kier alpha value is -2.57. The van der Waals surface area contributed by atoms with Gasteiger partial charge >= 0.3 is 5.97 Å². The van der Waals surface area contributed by atoms with Crippen molar-refractivity contribution >= 4 is 11.5 Å². The third-order valence-electron chi connectivity index (χ3n) is 4.77. The zero-order valence-electron chi connectivity index (χ0n) is 16.4. The van der Waals surface area contributed by atoms with Gasteiger partial charge in [-0.1, -0.05) is 51.0 Å². The molecule has 27 heavy (non-hydrogen) atoms. The van der Waals surface area contributed by atoms with Crippen molar-refractivity contribution in [3.8, 4) is 0 Å². The average Bonchev–Trinajstić information content (AvgIpc) is 3.20. The standard InChI is InChI=1S/C20H29N5O2/c1-4-7-9-15(6-3)18-11-10-14(13-21-18)12-17(19-22-24-25-23-19)16(8-5-2)20(26)27/h9-11,13,16-17H,4-8,12H2,1-3H3,(H,26,27)(H,22,23,24,25)/b15-9+/t16-,17-/m0/s1. The third-order valence-corrected chi connectivity index (χ3v) is 4.77. The number of H-pyrrole nitrogens is 1. The van der Waals surface area contributed by atoms with Crippen LogP contribution < -0.4 is 0 Å². The molecule has 0 fully saturated rings. The summed E-state index contributed by atoms with van der Waals surface area (Å²) in [4.78, 5) is 16.4. The van der Waals surface area contributed by atoms with Crippen LogP contribution in [0.4, 0.5) is 0 Å². The van der Waals surface area contributed by atoms with E-state index in [0.29, 0.717) is 18.7 Å². The number of aromatic amines is 1. The van der Waals surface area contributed by atoms with Crippen LogP contribution in [0.2, 0.25) is 0 Å². The monoisotopic (exact) mass is 371 g/mol. The molecule has 146 valence electrons. The van der Waals surface area contributed by atoms with Crippen LogP contribution in [0, 0.1) is 5.92 Å². The number of nitrogens with zero attached hydrogens (tertiary/aromatic N) is 4. The second kappa shape index (κ2) is 10.5. The number of tetrazole rings is 1. The summed E-state index contributed by atoms with van der Waals surface area (Å²) in [6.45, 7) is 6.27. The van der Waals surface area contributed by atoms with Gasteiger partial charge in [0.15, 0.2) is 5.82 Å². The van der Waals surface area contributed by atoms with Gasteiger partial charge in [0.2, 0.25) is 0 Å². The molecule has 0 aliphatic rings. The average molecular weight is 371 g/mol. The van der Waals surface area contributed by atoms with E-state index >= 15 is 0 Å². The van der Waals surface area contributed by atoms with Crippen LogP contribution in [0.5, 0.6) is 0 Å². The first-order chi connectivity index (χ1) is 13.1. The molecule has 0 spiro atoms. The van der Waals surface area contributed by atoms with Crippen LogP contribution in [0.25, 0.3) is 5.57 Å². The Kier molecular flexibility index (Phi) is 8.10. The number of carbonyl (C=O) groups is 1. The van der Waals surface area contributed by atoms with E-state index in [0.717, 1.165) is 36.9 Å². The first-order valence-electron chi connectivity index (χ1n) is 9.71. The van der Waals surface area contributed by atoms with Crippen molar-refractivity contribution in [1.29, 1.82) is 0 Å². The summed E-state index contributed by atoms with van der Waals surface area (Å²) in [5, 5.41) is 23.8. The number of rotatable bonds is 11. The summed E-state index contributed by atoms with van der Waals surface area (Å²) in [7, 11) is 0. The number of hydrogen-bond acceptors (Lipinski definition) is 5. The Labute approximate surface area is 160 Å². The van der Waals surface area contributed by atoms with Gasteiger partial charge in [-0.3, -0.25) is 9.78 Å². The van der Waals surface area contributed by atoms with E-state index in [9.17, 15) is 9.90 Å². The van der Waals surface area contributed by atoms with Crippen LogP contribution in [-0.4, -0.2) is 36.7 Å². The second-order valence-electron chi connectivity index (χ2n) is 6.74. The fraction of sp³-hybridized carbons (Fsp3) is 0.550. The molecule has 0 bridgehead atoms. The fourth-order valence-electron chi connectivity index (χ4n) is 3.29. The molecule has 2 heterocycles. The molecule has 2 rings (SSSR count). The lowest BCUT2D eigenvalue weighted by Crippen LogP contribution is -2.25. The lowest BCUT2D eigenvalue weighted by molar-refractivity contribution is -0.142. The highest BCUT2D eigenvalue weighted by atomic mass is 16.4. The number of aromatic nitrogens is 5. The molecule has 2 atom stereocenters. The summed E-state index contributed by atoms with van der Waals surface area (Å²) in [6.07, 6.45) is 9.05. The van der Waals surface area contributed by atoms with Gasteiger partial charge in [0.1, 0.15) is 0 Å². The molecule has 0 saturated carbocycles. The molecule has 0 aliphatic heterocycles. The molecule has 7 nitrogen and oxygen atoms in total. The van der Waals surface area contributed by atoms with Crippen LogP contribution in [0.3, 0.4) is 0 Å². The van der Waals surface area contributed by atoms with Crippen molar-refractivity contribution in [2.75, 3.05) is 0 Å². The molecule has 0 saturated heterocycles. The van der Waals surface area contributed by atoms with Gasteiger partial charge in [0.05, 0.1) is 11.6 Å². The molecule has 0 unspecified atom stereocenters. The minimum atomic E-state index is -0.827. The summed E-state index contributed by atoms with van der Waals surface area (Å²) in [6, 6.07) is 4.04. The van der Waals surface area contributed by atoms with Gasteiger partial charge in [-0.05, 0) is 42.9 Å². The number of allylic oxidation sites excluding steroid dienone is 2. The van der Waals surface area contributed by atoms with Gasteiger partial charge in [-0.25, -0.2) is 0 Å². The van der Waals surface area contributed by atoms with Gasteiger partial charge in [-0.2, -0.15) is 5.21 Å². The first kappa shape index (κ1) is 20.7. The Balaban J connectivity index is 2.23. The smallest absolute Gasteiger partial charge is 0.307 e. The maximum atomic E-state index is 11.8. The van der Waals surface area contributed by atoms with E-state index in [1.54, 1.807) is 0 Å². The highest BCUT2D eigenvalue weighted by Crippen LogP contribution is 2.30. The van der Waals surface area contributed by atoms with Crippen molar-refractivity contribution in [3.05, 3.63) is 41.5 Å². The summed E-state index contributed by atoms with van der Waals surface area (Å²) in [5.41, 5.74) is 3.20. The molecule has 0 aliphatic carbocycles. The number of carboxylic acids is 1. The zero-order chi connectivity index (χ0) is 19.6. The Morgan fingerprint density at radius 3 is 2.59 bits per heavy atom. The van der Waals surface area contributed by atoms with Crippen molar-refractivity contribution in [3.63, 3.8) is 0 Å². The van der Waals surface area contributed by atoms with Gasteiger partial charge in [0, 0.05) is 12.1 Å². The number of carboxylic acid groups (broad SMARTS) is 1. The predicted octanol–water partition coefficient (Wildman–Crippen LogP) is 4.02. The molecule has 2 aromatic heterocycles. The Morgan fingerprint density at radius 1 is 1.26 bits per heavy atom. The van der Waals surface area contributed by atoms with E-state index < -0.39 is 11.9 Å². The van der Waals surface area contributed by atoms with E-state index in [4.69, 9.17) is 0 Å². The van der Waals surface area contributed by atoms with Crippen molar-refractivity contribution in [2.24, 2.45) is 5.92 Å². The maximum Gasteiger partial charge on any atom is 0.307 e. The SMILES string of the molecule is CCC/C=C(\CC)c1ccc(C[C@H](c2nn[nH]n2)[C@H](CCC)C(=O)O)cn1. The minimum absolute atomic E-state index is 0.338. The quantitative estimate of drug-likeness (QED) is 0.618. The largest absolute Gasteiger partial charge is 0.481 e. The number of nitrogens with one attached hydrogen (secondary N) is 1. The maximum absolute atomic E-state index is 11.8. The number of hydrogen-bond donors (Lipinski definition) is 2. The summed E-state index contributed by atoms with van der Waals surface area (Å²) >= 11 is 0. The zero-order valence-corrected chi connectivity index (χ0v) is 16.4. The van der Waals surface area contributed by atoms with Crippen LogP contribution in [0.1, 0.15) is 75.9 Å². The summed E-state index contributed by atoms with van der Waals surface area (Å²) in [5.74, 6) is -1.28. The molecular weight excluding hydrogens is 342 g/mol. The molecule has 0 aromatic carbocycles. The van der Waals surface area contributed by atoms with E-state index in [1.807, 2.05) is 25.3 Å². The number of pyridine rings is 1. The highest BCUT2D eigenvalue weighted by molar-refractivity contribution is 5.71. The Bertz CT molecular complexity index is 725. The normalized spacial score (nSPS) is 14.1. The lowest BCUT2D eigenvalue weighted by Gasteiger charge is -2.21. The van der Waals surface area contributed by atoms with Crippen molar-refractivity contribution in [1.82, 2.24) is 25.6 Å². The number of aliphatic carboxylic acids is 1. The fourth-order valence-corrected chi connectivity index (χ4v) is 3.29. The highest BCUT2D eigenvalue weighted by Gasteiger charge is 2.32. The lowest BCUT2D eigenvalue weighted by atomic mass is 9.83.